The molecule has 2 amide bonds. The van der Waals surface area contributed by atoms with Crippen molar-refractivity contribution in [3.8, 4) is 0 Å². The fourth-order valence-electron chi connectivity index (χ4n) is 5.74. The van der Waals surface area contributed by atoms with E-state index in [1.54, 1.807) is 6.92 Å². The molecular weight excluding hydrogens is 582 g/mol. The number of H-pyrrole nitrogens is 1. The Kier molecular flexibility index (Phi) is 7.83. The highest BCUT2D eigenvalue weighted by atomic mass is 31.0. The molecule has 1 aliphatic heterocycles. The van der Waals surface area contributed by atoms with Crippen molar-refractivity contribution in [2.45, 2.75) is 81.8 Å². The highest BCUT2D eigenvalue weighted by Gasteiger charge is 2.49. The summed E-state index contributed by atoms with van der Waals surface area (Å²) in [5.74, 6) is -6.80. The summed E-state index contributed by atoms with van der Waals surface area (Å²) >= 11 is 0. The number of nitrogens with one attached hydrogen (secondary N) is 2. The topological polar surface area (TPSA) is 117 Å². The van der Waals surface area contributed by atoms with Gasteiger partial charge in [0.2, 0.25) is 5.91 Å². The Morgan fingerprint density at radius 1 is 1.24 bits per heavy atom. The first-order chi connectivity index (χ1) is 19.5. The summed E-state index contributed by atoms with van der Waals surface area (Å²) < 4.78 is 77.0. The second kappa shape index (κ2) is 10.8. The molecule has 0 bridgehead atoms. The molecule has 1 saturated carbocycles. The van der Waals surface area contributed by atoms with Gasteiger partial charge in [-0.15, -0.1) is 0 Å². The Bertz CT molecular complexity index is 1480. The van der Waals surface area contributed by atoms with E-state index in [1.165, 1.54) is 26.0 Å². The second-order valence-electron chi connectivity index (χ2n) is 12.0. The zero-order valence-electron chi connectivity index (χ0n) is 23.3. The highest BCUT2D eigenvalue weighted by Crippen LogP contribution is 2.42. The molecule has 0 spiro atoms. The van der Waals surface area contributed by atoms with Gasteiger partial charge in [-0.25, -0.2) is 31.6 Å². The Hall–Kier alpha value is -3.15. The molecule has 0 radical (unpaired) electrons. The summed E-state index contributed by atoms with van der Waals surface area (Å²) in [4.78, 5) is 34.6. The molecule has 5 rings (SSSR count). The van der Waals surface area contributed by atoms with Crippen molar-refractivity contribution in [2.75, 3.05) is 13.1 Å². The number of amides is 2. The smallest absolute Gasteiger partial charge is 0.282 e. The lowest BCUT2D eigenvalue weighted by Crippen LogP contribution is -2.59. The lowest BCUT2D eigenvalue weighted by molar-refractivity contribution is -0.167. The summed E-state index contributed by atoms with van der Waals surface area (Å²) in [6, 6.07) is 1.99. The minimum Gasteiger partial charge on any atom is -0.340 e. The highest BCUT2D eigenvalue weighted by molar-refractivity contribution is 7.18. The molecule has 2 aliphatic rings. The van der Waals surface area contributed by atoms with Gasteiger partial charge < -0.3 is 15.2 Å². The number of aromatic nitrogens is 4. The van der Waals surface area contributed by atoms with Gasteiger partial charge in [0, 0.05) is 12.0 Å². The molecule has 1 aromatic carbocycles. The number of halogens is 5. The Morgan fingerprint density at radius 3 is 2.48 bits per heavy atom. The fraction of sp³-hybridized carbons (Fsp3) is 0.593. The van der Waals surface area contributed by atoms with Gasteiger partial charge in [0.25, 0.3) is 11.8 Å². The van der Waals surface area contributed by atoms with E-state index in [4.69, 9.17) is 0 Å². The van der Waals surface area contributed by atoms with E-state index in [-0.39, 0.29) is 52.6 Å². The van der Waals surface area contributed by atoms with Gasteiger partial charge in [-0.05, 0) is 63.6 Å². The number of likely N-dealkylation sites (tertiary alicyclic amines) is 1. The Labute approximate surface area is 240 Å². The summed E-state index contributed by atoms with van der Waals surface area (Å²) in [7, 11) is 1.94. The first kappa shape index (κ1) is 30.3. The summed E-state index contributed by atoms with van der Waals surface area (Å²) in [6.07, 6.45) is 0.873. The number of hydrogen-bond donors (Lipinski definition) is 2. The standard InChI is InChI=1S/C27H32F5N6O3P/c1-13-19(37-41-36-13)23(39)35-20(14-6-8-25(2,29)9-7-14)22-33-17-5-4-15(18(28)21(17)34-22)16(10-26(3,30)42)24(40)38-11-27(31,32)12-38/h4-5,14,16,20H,6-12,42H2,1-3H3,(H,33,34)(H,35,39)/t14?,16?,20-,25?,26?/m0/s1. The molecule has 9 nitrogen and oxygen atoms in total. The zero-order valence-corrected chi connectivity index (χ0v) is 24.5. The van der Waals surface area contributed by atoms with Crippen LogP contribution < -0.4 is 5.32 Å². The average Bonchev–Trinajstić information content (AvgIpc) is 3.51. The number of benzene rings is 1. The molecule has 2 fully saturated rings. The molecule has 1 saturated heterocycles. The third-order valence-electron chi connectivity index (χ3n) is 8.07. The molecule has 3 unspecified atom stereocenters. The average molecular weight is 615 g/mol. The SMILES string of the molecule is Cc1nonc1C(=O)N[C@H](c1nc2c(F)c(C(CC(C)(F)P)C(=O)N3CC(F)(F)C3)ccc2[nH]1)C1CCC(C)(F)CC1. The van der Waals surface area contributed by atoms with Crippen molar-refractivity contribution in [2.24, 2.45) is 5.92 Å². The summed E-state index contributed by atoms with van der Waals surface area (Å²) in [6.45, 7) is 2.62. The van der Waals surface area contributed by atoms with Crippen LogP contribution in [0.15, 0.2) is 16.8 Å². The molecule has 1 aliphatic carbocycles. The fourth-order valence-corrected chi connectivity index (χ4v) is 5.98. The third-order valence-corrected chi connectivity index (χ3v) is 8.30. The van der Waals surface area contributed by atoms with E-state index in [2.05, 4.69) is 30.2 Å². The molecule has 15 heteroatoms. The van der Waals surface area contributed by atoms with E-state index in [1.807, 2.05) is 9.24 Å². The van der Waals surface area contributed by atoms with Crippen molar-refractivity contribution >= 4 is 32.1 Å². The molecule has 2 N–H and O–H groups in total. The minimum absolute atomic E-state index is 0.0413. The van der Waals surface area contributed by atoms with E-state index >= 15 is 4.39 Å². The predicted molar refractivity (Wildman–Crippen MR) is 145 cm³/mol. The van der Waals surface area contributed by atoms with Crippen LogP contribution in [0.3, 0.4) is 0 Å². The quantitative estimate of drug-likeness (QED) is 0.263. The zero-order chi connectivity index (χ0) is 30.6. The molecular formula is C27H32F5N6O3P. The number of hydrogen-bond acceptors (Lipinski definition) is 6. The van der Waals surface area contributed by atoms with Crippen LogP contribution >= 0.6 is 9.24 Å². The van der Waals surface area contributed by atoms with Crippen molar-refractivity contribution in [3.63, 3.8) is 0 Å². The van der Waals surface area contributed by atoms with Crippen LogP contribution in [0, 0.1) is 18.7 Å². The van der Waals surface area contributed by atoms with Crippen LogP contribution in [-0.4, -0.2) is 67.1 Å². The number of aryl methyl sites for hydroxylation is 1. The van der Waals surface area contributed by atoms with Crippen LogP contribution in [0.5, 0.6) is 0 Å². The summed E-state index contributed by atoms with van der Waals surface area (Å²) in [5.41, 5.74) is -1.23. The van der Waals surface area contributed by atoms with Crippen LogP contribution in [0.4, 0.5) is 22.0 Å². The van der Waals surface area contributed by atoms with Gasteiger partial charge in [-0.2, -0.15) is 0 Å². The lowest BCUT2D eigenvalue weighted by atomic mass is 9.77. The number of carbonyl (C=O) groups excluding carboxylic acids is 2. The minimum atomic E-state index is -3.04. The van der Waals surface area contributed by atoms with E-state index < -0.39 is 66.1 Å². The Morgan fingerprint density at radius 2 is 1.90 bits per heavy atom. The third kappa shape index (κ3) is 6.28. The van der Waals surface area contributed by atoms with Crippen LogP contribution in [0.1, 0.15) is 85.5 Å². The van der Waals surface area contributed by atoms with Gasteiger partial charge in [-0.3, -0.25) is 9.59 Å². The molecule has 3 aromatic rings. The molecule has 3 heterocycles. The number of fused-ring (bicyclic) bond motifs is 1. The lowest BCUT2D eigenvalue weighted by Gasteiger charge is -2.41. The first-order valence-electron chi connectivity index (χ1n) is 13.6. The van der Waals surface area contributed by atoms with E-state index in [0.29, 0.717) is 12.8 Å². The molecule has 2 aromatic heterocycles. The normalized spacial score (nSPS) is 25.0. The van der Waals surface area contributed by atoms with E-state index in [0.717, 1.165) is 4.90 Å². The van der Waals surface area contributed by atoms with Gasteiger partial charge in [-0.1, -0.05) is 20.5 Å². The predicted octanol–water partition coefficient (Wildman–Crippen LogP) is 5.29. The van der Waals surface area contributed by atoms with Crippen molar-refractivity contribution in [1.29, 1.82) is 0 Å². The molecule has 4 atom stereocenters. The van der Waals surface area contributed by atoms with Crippen LogP contribution in [0.25, 0.3) is 11.0 Å². The Balaban J connectivity index is 1.50. The van der Waals surface area contributed by atoms with Crippen LogP contribution in [0.2, 0.25) is 0 Å². The van der Waals surface area contributed by atoms with Gasteiger partial charge in [0.1, 0.15) is 28.1 Å². The first-order valence-corrected chi connectivity index (χ1v) is 14.2. The maximum atomic E-state index is 16.1. The molecule has 42 heavy (non-hydrogen) atoms. The second-order valence-corrected chi connectivity index (χ2v) is 13.2. The van der Waals surface area contributed by atoms with Gasteiger partial charge in [0.15, 0.2) is 11.5 Å². The number of nitrogens with zero attached hydrogens (tertiary/aromatic N) is 4. The number of rotatable bonds is 8. The van der Waals surface area contributed by atoms with Crippen molar-refractivity contribution in [1.82, 2.24) is 30.5 Å². The maximum absolute atomic E-state index is 16.1. The monoisotopic (exact) mass is 614 g/mol. The number of aromatic amines is 1. The van der Waals surface area contributed by atoms with E-state index in [9.17, 15) is 27.2 Å². The summed E-state index contributed by atoms with van der Waals surface area (Å²) in [5, 5.41) is 8.13. The maximum Gasteiger partial charge on any atom is 0.282 e. The van der Waals surface area contributed by atoms with Crippen molar-refractivity contribution < 1.29 is 36.2 Å². The van der Waals surface area contributed by atoms with Crippen LogP contribution in [-0.2, 0) is 4.79 Å². The van der Waals surface area contributed by atoms with Crippen molar-refractivity contribution in [3.05, 3.63) is 40.7 Å². The number of carbonyl (C=O) groups is 2. The van der Waals surface area contributed by atoms with Gasteiger partial charge in [0.05, 0.1) is 30.6 Å². The largest absolute Gasteiger partial charge is 0.340 e. The number of alkyl halides is 4. The number of imidazole rings is 1. The molecule has 228 valence electrons. The van der Waals surface area contributed by atoms with Gasteiger partial charge >= 0.3 is 0 Å².